The third-order valence-corrected chi connectivity index (χ3v) is 6.94. The molecule has 4 atom stereocenters. The van der Waals surface area contributed by atoms with Gasteiger partial charge >= 0.3 is 0 Å². The number of amides is 1. The molecule has 3 aliphatic rings. The summed E-state index contributed by atoms with van der Waals surface area (Å²) in [5, 5.41) is 11.2. The molecule has 1 N–H and O–H groups in total. The highest BCUT2D eigenvalue weighted by atomic mass is 19.1. The van der Waals surface area contributed by atoms with Gasteiger partial charge in [0.1, 0.15) is 5.82 Å². The van der Waals surface area contributed by atoms with E-state index in [9.17, 15) is 9.18 Å². The molecule has 30 heavy (non-hydrogen) atoms. The zero-order valence-corrected chi connectivity index (χ0v) is 17.2. The van der Waals surface area contributed by atoms with E-state index in [4.69, 9.17) is 9.90 Å². The number of carbonyl (C=O) groups excluding carboxylic acids is 1. The van der Waals surface area contributed by atoms with Crippen molar-refractivity contribution in [2.75, 3.05) is 0 Å². The van der Waals surface area contributed by atoms with E-state index in [1.165, 1.54) is 11.3 Å². The van der Waals surface area contributed by atoms with Gasteiger partial charge in [-0.15, -0.1) is 0 Å². The Hall–Kier alpha value is -2.70. The average Bonchev–Trinajstić information content (AvgIpc) is 3.31. The van der Waals surface area contributed by atoms with Crippen LogP contribution in [0.2, 0.25) is 0 Å². The largest absolute Gasteiger partial charge is 0.483 e. The van der Waals surface area contributed by atoms with Crippen LogP contribution in [-0.4, -0.2) is 44.3 Å². The Bertz CT molecular complexity index is 914. The summed E-state index contributed by atoms with van der Waals surface area (Å²) < 4.78 is 15.7. The van der Waals surface area contributed by atoms with Crippen LogP contribution in [0, 0.1) is 18.7 Å². The highest BCUT2D eigenvalue weighted by molar-refractivity contribution is 5.80. The van der Waals surface area contributed by atoms with Gasteiger partial charge in [0.05, 0.1) is 0 Å². The fourth-order valence-corrected chi connectivity index (χ4v) is 5.52. The van der Waals surface area contributed by atoms with Crippen molar-refractivity contribution in [1.82, 2.24) is 14.7 Å². The number of piperidine rings is 1. The molecule has 1 amide bonds. The summed E-state index contributed by atoms with van der Waals surface area (Å²) in [5.74, 6) is 0.759. The zero-order valence-electron chi connectivity index (χ0n) is 17.2. The third kappa shape index (κ3) is 3.85. The molecule has 7 heteroatoms. The summed E-state index contributed by atoms with van der Waals surface area (Å²) in [6.07, 6.45) is 7.78. The molecule has 2 fully saturated rings. The Kier molecular flexibility index (Phi) is 5.88. The van der Waals surface area contributed by atoms with Gasteiger partial charge in [0.15, 0.2) is 0 Å². The molecule has 2 unspecified atom stereocenters. The predicted molar refractivity (Wildman–Crippen MR) is 109 cm³/mol. The molecule has 2 aromatic rings. The van der Waals surface area contributed by atoms with Crippen LogP contribution in [-0.2, 0) is 22.6 Å². The summed E-state index contributed by atoms with van der Waals surface area (Å²) in [6.45, 7) is 2.43. The Morgan fingerprint density at radius 1 is 1.20 bits per heavy atom. The molecule has 2 saturated heterocycles. The fourth-order valence-electron chi connectivity index (χ4n) is 5.52. The molecule has 6 nitrogen and oxygen atoms in total. The number of carbonyl (C=O) groups is 2. The van der Waals surface area contributed by atoms with Gasteiger partial charge in [-0.2, -0.15) is 5.10 Å². The van der Waals surface area contributed by atoms with E-state index in [0.717, 1.165) is 50.6 Å². The number of hydrogen-bond donors (Lipinski definition) is 1. The van der Waals surface area contributed by atoms with Crippen LogP contribution >= 0.6 is 0 Å². The Labute approximate surface area is 175 Å². The highest BCUT2D eigenvalue weighted by Gasteiger charge is 2.45. The highest BCUT2D eigenvalue weighted by Crippen LogP contribution is 2.44. The number of nitrogens with zero attached hydrogens (tertiary/aromatic N) is 3. The van der Waals surface area contributed by atoms with Crippen LogP contribution in [0.25, 0.3) is 0 Å². The SMILES string of the molecule is Cc1cc(C2C[C@H]3CC[C@@H](C2)N3C(=O)C2CCn3nccc3C2)ccc1F.O=CO. The molecular formula is C23H28FN3O3. The predicted octanol–water partition coefficient (Wildman–Crippen LogP) is 3.53. The van der Waals surface area contributed by atoms with Crippen molar-refractivity contribution in [3.63, 3.8) is 0 Å². The second-order valence-electron chi connectivity index (χ2n) is 8.65. The number of aromatic nitrogens is 2. The van der Waals surface area contributed by atoms with Gasteiger partial charge < -0.3 is 10.0 Å². The van der Waals surface area contributed by atoms with Gasteiger partial charge in [-0.1, -0.05) is 12.1 Å². The Morgan fingerprint density at radius 3 is 2.57 bits per heavy atom. The van der Waals surface area contributed by atoms with Gasteiger partial charge in [0.25, 0.3) is 6.47 Å². The first-order valence-electron chi connectivity index (χ1n) is 10.7. The first-order valence-corrected chi connectivity index (χ1v) is 10.7. The van der Waals surface area contributed by atoms with E-state index < -0.39 is 0 Å². The normalized spacial score (nSPS) is 27.1. The number of aryl methyl sites for hydroxylation is 2. The second-order valence-corrected chi connectivity index (χ2v) is 8.65. The van der Waals surface area contributed by atoms with Gasteiger partial charge in [-0.05, 0) is 68.2 Å². The van der Waals surface area contributed by atoms with E-state index in [1.807, 2.05) is 36.0 Å². The summed E-state index contributed by atoms with van der Waals surface area (Å²) in [5.41, 5.74) is 3.14. The summed E-state index contributed by atoms with van der Waals surface area (Å²) >= 11 is 0. The van der Waals surface area contributed by atoms with Crippen molar-refractivity contribution < 1.29 is 19.1 Å². The van der Waals surface area contributed by atoms with E-state index >= 15 is 0 Å². The number of fused-ring (bicyclic) bond motifs is 3. The van der Waals surface area contributed by atoms with Crippen LogP contribution < -0.4 is 0 Å². The molecule has 3 aliphatic heterocycles. The van der Waals surface area contributed by atoms with Crippen LogP contribution in [0.4, 0.5) is 4.39 Å². The molecule has 1 aromatic carbocycles. The van der Waals surface area contributed by atoms with Crippen molar-refractivity contribution in [2.24, 2.45) is 5.92 Å². The molecule has 5 rings (SSSR count). The minimum atomic E-state index is -0.250. The molecule has 160 valence electrons. The van der Waals surface area contributed by atoms with Gasteiger partial charge in [-0.3, -0.25) is 14.3 Å². The molecule has 0 spiro atoms. The average molecular weight is 413 g/mol. The minimum Gasteiger partial charge on any atom is -0.483 e. The number of hydrogen-bond acceptors (Lipinski definition) is 3. The van der Waals surface area contributed by atoms with E-state index in [-0.39, 0.29) is 18.2 Å². The lowest BCUT2D eigenvalue weighted by Gasteiger charge is -2.41. The quantitative estimate of drug-likeness (QED) is 0.765. The third-order valence-electron chi connectivity index (χ3n) is 6.94. The molecule has 2 bridgehead atoms. The molecule has 0 saturated carbocycles. The van der Waals surface area contributed by atoms with E-state index in [2.05, 4.69) is 10.00 Å². The van der Waals surface area contributed by atoms with Gasteiger partial charge in [0, 0.05) is 42.9 Å². The smallest absolute Gasteiger partial charge is 0.290 e. The molecule has 0 radical (unpaired) electrons. The second kappa shape index (κ2) is 8.58. The topological polar surface area (TPSA) is 75.4 Å². The van der Waals surface area contributed by atoms with E-state index in [1.54, 1.807) is 6.07 Å². The summed E-state index contributed by atoms with van der Waals surface area (Å²) in [6, 6.07) is 8.26. The van der Waals surface area contributed by atoms with Crippen molar-refractivity contribution in [1.29, 1.82) is 0 Å². The lowest BCUT2D eigenvalue weighted by Crippen LogP contribution is -2.49. The van der Waals surface area contributed by atoms with Crippen molar-refractivity contribution in [3.05, 3.63) is 53.1 Å². The maximum absolute atomic E-state index is 13.6. The maximum Gasteiger partial charge on any atom is 0.290 e. The monoisotopic (exact) mass is 413 g/mol. The van der Waals surface area contributed by atoms with Crippen molar-refractivity contribution in [3.8, 4) is 0 Å². The number of rotatable bonds is 2. The first kappa shape index (κ1) is 20.6. The van der Waals surface area contributed by atoms with Crippen LogP contribution in [0.5, 0.6) is 0 Å². The maximum atomic E-state index is 13.6. The molecule has 1 aromatic heterocycles. The molecular weight excluding hydrogens is 385 g/mol. The number of halogens is 1. The summed E-state index contributed by atoms with van der Waals surface area (Å²) in [4.78, 5) is 23.9. The lowest BCUT2D eigenvalue weighted by molar-refractivity contribution is -0.141. The molecule has 4 heterocycles. The van der Waals surface area contributed by atoms with Crippen molar-refractivity contribution >= 4 is 12.4 Å². The summed E-state index contributed by atoms with van der Waals surface area (Å²) in [7, 11) is 0. The van der Waals surface area contributed by atoms with Crippen LogP contribution in [0.3, 0.4) is 0 Å². The van der Waals surface area contributed by atoms with Gasteiger partial charge in [-0.25, -0.2) is 4.39 Å². The zero-order chi connectivity index (χ0) is 21.3. The number of benzene rings is 1. The van der Waals surface area contributed by atoms with Gasteiger partial charge in [0.2, 0.25) is 5.91 Å². The minimum absolute atomic E-state index is 0.0990. The standard InChI is InChI=1S/C22H26FN3O.CH2O2/c1-14-10-15(2-5-21(14)23)17-12-19-3-4-20(13-17)26(19)22(27)16-7-9-25-18(11-16)6-8-24-25;2-1-3/h2,5-6,8,10,16-17,19-20H,3-4,7,9,11-13H2,1H3;1H,(H,2,3)/t16?,17?,19-,20+;. The Balaban J connectivity index is 0.000000687. The van der Waals surface area contributed by atoms with Crippen LogP contribution in [0.1, 0.15) is 54.8 Å². The number of carboxylic acid groups (broad SMARTS) is 1. The fraction of sp³-hybridized carbons (Fsp3) is 0.522. The molecule has 0 aliphatic carbocycles. The first-order chi connectivity index (χ1) is 14.5. The van der Waals surface area contributed by atoms with Crippen molar-refractivity contribution in [2.45, 2.75) is 70.0 Å². The lowest BCUT2D eigenvalue weighted by atomic mass is 9.83. The van der Waals surface area contributed by atoms with Crippen LogP contribution in [0.15, 0.2) is 30.5 Å². The van der Waals surface area contributed by atoms with E-state index in [0.29, 0.717) is 23.9 Å². The Morgan fingerprint density at radius 2 is 1.90 bits per heavy atom.